The van der Waals surface area contributed by atoms with Gasteiger partial charge in [0.15, 0.2) is 0 Å². The molecule has 1 rings (SSSR count). The van der Waals surface area contributed by atoms with Crippen LogP contribution in [0.4, 0.5) is 0 Å². The zero-order valence-corrected chi connectivity index (χ0v) is 17.9. The van der Waals surface area contributed by atoms with Crippen molar-refractivity contribution in [3.8, 4) is 0 Å². The van der Waals surface area contributed by atoms with Gasteiger partial charge in [0.25, 0.3) is 0 Å². The molecule has 0 aromatic carbocycles. The first kappa shape index (κ1) is 24.1. The summed E-state index contributed by atoms with van der Waals surface area (Å²) in [5, 5.41) is 28.6. The molecule has 0 spiro atoms. The first-order valence-electron chi connectivity index (χ1n) is 9.85. The highest BCUT2D eigenvalue weighted by Gasteiger charge is 2.31. The summed E-state index contributed by atoms with van der Waals surface area (Å²) in [6, 6.07) is 0. The van der Waals surface area contributed by atoms with Crippen LogP contribution in [-0.2, 0) is 0 Å². The number of aliphatic hydroxyl groups is 3. The second-order valence-electron chi connectivity index (χ2n) is 8.20. The normalized spacial score (nSPS) is 22.3. The predicted octanol–water partition coefficient (Wildman–Crippen LogP) is 4.96. The van der Waals surface area contributed by atoms with Crippen molar-refractivity contribution in [2.75, 3.05) is 13.2 Å². The fourth-order valence-electron chi connectivity index (χ4n) is 3.39. The highest BCUT2D eigenvalue weighted by molar-refractivity contribution is 5.38. The standard InChI is InChI=1S/C25H36O3/c1-19(9-6-7-10-20(2)17-26)11-8-12-22(18-27)13-14-24-21(3)15-23(28)16-25(24,4)5/h6-14,23,26-28H,15-18H2,1-5H3/b7-6+,11-8+,14-13+,19-9+,20-10+,22-12-/t23-/m0/s1. The molecule has 3 heteroatoms. The van der Waals surface area contributed by atoms with Crippen LogP contribution in [0.1, 0.15) is 47.5 Å². The lowest BCUT2D eigenvalue weighted by atomic mass is 9.71. The fraction of sp³-hybridized carbons (Fsp3) is 0.440. The van der Waals surface area contributed by atoms with Crippen molar-refractivity contribution >= 4 is 0 Å². The van der Waals surface area contributed by atoms with Gasteiger partial charge in [0, 0.05) is 0 Å². The molecular formula is C25H36O3. The Morgan fingerprint density at radius 1 is 1.00 bits per heavy atom. The summed E-state index contributed by atoms with van der Waals surface area (Å²) in [5.74, 6) is 0. The van der Waals surface area contributed by atoms with Crippen molar-refractivity contribution in [1.82, 2.24) is 0 Å². The summed E-state index contributed by atoms with van der Waals surface area (Å²) in [6.07, 6.45) is 18.8. The number of hydrogen-bond acceptors (Lipinski definition) is 3. The lowest BCUT2D eigenvalue weighted by Gasteiger charge is -2.35. The summed E-state index contributed by atoms with van der Waals surface area (Å²) in [7, 11) is 0. The molecule has 0 unspecified atom stereocenters. The number of rotatable bonds is 8. The molecule has 0 aliphatic heterocycles. The molecule has 1 atom stereocenters. The second-order valence-corrected chi connectivity index (χ2v) is 8.20. The molecule has 0 bridgehead atoms. The summed E-state index contributed by atoms with van der Waals surface area (Å²) >= 11 is 0. The van der Waals surface area contributed by atoms with E-state index >= 15 is 0 Å². The molecular weight excluding hydrogens is 348 g/mol. The maximum atomic E-state index is 10.00. The van der Waals surface area contributed by atoms with Gasteiger partial charge in [-0.1, -0.05) is 79.7 Å². The SMILES string of the molecule is CC1=C(/C=C/C(=C/C=C/C(C)=C/C=C/C=C(\C)CO)CO)C(C)(C)C[C@@H](O)C1. The molecule has 28 heavy (non-hydrogen) atoms. The van der Waals surface area contributed by atoms with Gasteiger partial charge in [-0.15, -0.1) is 0 Å². The minimum Gasteiger partial charge on any atom is -0.393 e. The van der Waals surface area contributed by atoms with Gasteiger partial charge < -0.3 is 15.3 Å². The van der Waals surface area contributed by atoms with E-state index in [2.05, 4.69) is 26.8 Å². The Balaban J connectivity index is 2.82. The minimum atomic E-state index is -0.269. The van der Waals surface area contributed by atoms with Gasteiger partial charge >= 0.3 is 0 Å². The third-order valence-electron chi connectivity index (χ3n) is 4.89. The van der Waals surface area contributed by atoms with Crippen molar-refractivity contribution in [2.45, 2.75) is 53.6 Å². The summed E-state index contributed by atoms with van der Waals surface area (Å²) in [5.41, 5.74) is 5.23. The molecule has 1 aliphatic rings. The first-order valence-corrected chi connectivity index (χ1v) is 9.85. The average Bonchev–Trinajstić information content (AvgIpc) is 2.61. The van der Waals surface area contributed by atoms with Crippen LogP contribution in [0.15, 0.2) is 82.5 Å². The molecule has 0 saturated heterocycles. The summed E-state index contributed by atoms with van der Waals surface area (Å²) < 4.78 is 0. The molecule has 0 saturated carbocycles. The van der Waals surface area contributed by atoms with Crippen LogP contribution in [0, 0.1) is 5.41 Å². The van der Waals surface area contributed by atoms with Crippen LogP contribution in [0.5, 0.6) is 0 Å². The van der Waals surface area contributed by atoms with E-state index in [1.807, 2.05) is 62.5 Å². The Hall–Kier alpha value is -1.94. The zero-order chi connectivity index (χ0) is 21.2. The smallest absolute Gasteiger partial charge is 0.0681 e. The van der Waals surface area contributed by atoms with Gasteiger partial charge in [0.1, 0.15) is 0 Å². The molecule has 3 N–H and O–H groups in total. The highest BCUT2D eigenvalue weighted by Crippen LogP contribution is 2.41. The molecule has 3 nitrogen and oxygen atoms in total. The van der Waals surface area contributed by atoms with E-state index in [1.54, 1.807) is 0 Å². The number of aliphatic hydroxyl groups excluding tert-OH is 3. The van der Waals surface area contributed by atoms with Gasteiger partial charge in [-0.05, 0) is 55.7 Å². The lowest BCUT2D eigenvalue weighted by Crippen LogP contribution is -2.28. The van der Waals surface area contributed by atoms with E-state index in [-0.39, 0.29) is 24.7 Å². The quantitative estimate of drug-likeness (QED) is 0.519. The molecule has 154 valence electrons. The Morgan fingerprint density at radius 2 is 1.68 bits per heavy atom. The minimum absolute atomic E-state index is 0.0237. The van der Waals surface area contributed by atoms with Crippen molar-refractivity contribution in [3.05, 3.63) is 82.5 Å². The van der Waals surface area contributed by atoms with Gasteiger partial charge in [0.2, 0.25) is 0 Å². The first-order chi connectivity index (χ1) is 13.2. The fourth-order valence-corrected chi connectivity index (χ4v) is 3.39. The van der Waals surface area contributed by atoms with E-state index in [0.717, 1.165) is 23.1 Å². The molecule has 0 aromatic rings. The van der Waals surface area contributed by atoms with Crippen molar-refractivity contribution < 1.29 is 15.3 Å². The lowest BCUT2D eigenvalue weighted by molar-refractivity contribution is 0.116. The van der Waals surface area contributed by atoms with Gasteiger partial charge in [-0.25, -0.2) is 0 Å². The maximum Gasteiger partial charge on any atom is 0.0681 e. The van der Waals surface area contributed by atoms with Gasteiger partial charge in [-0.2, -0.15) is 0 Å². The van der Waals surface area contributed by atoms with Crippen LogP contribution >= 0.6 is 0 Å². The molecule has 0 radical (unpaired) electrons. The van der Waals surface area contributed by atoms with Crippen LogP contribution in [0.2, 0.25) is 0 Å². The monoisotopic (exact) mass is 384 g/mol. The van der Waals surface area contributed by atoms with Crippen LogP contribution in [0.25, 0.3) is 0 Å². The average molecular weight is 385 g/mol. The Kier molecular flexibility index (Phi) is 10.2. The summed E-state index contributed by atoms with van der Waals surface area (Å²) in [6.45, 7) is 10.3. The third kappa shape index (κ3) is 8.39. The highest BCUT2D eigenvalue weighted by atomic mass is 16.3. The Labute approximate surface area is 170 Å². The van der Waals surface area contributed by atoms with Gasteiger partial charge in [-0.3, -0.25) is 0 Å². The van der Waals surface area contributed by atoms with Crippen molar-refractivity contribution in [1.29, 1.82) is 0 Å². The molecule has 0 aromatic heterocycles. The van der Waals surface area contributed by atoms with E-state index in [1.165, 1.54) is 11.1 Å². The number of hydrogen-bond donors (Lipinski definition) is 3. The molecule has 0 amide bonds. The van der Waals surface area contributed by atoms with Crippen LogP contribution < -0.4 is 0 Å². The molecule has 1 aliphatic carbocycles. The van der Waals surface area contributed by atoms with E-state index in [4.69, 9.17) is 5.11 Å². The maximum absolute atomic E-state index is 10.00. The molecule has 0 heterocycles. The predicted molar refractivity (Wildman–Crippen MR) is 119 cm³/mol. The number of allylic oxidation sites excluding steroid dienone is 10. The van der Waals surface area contributed by atoms with Crippen LogP contribution in [0.3, 0.4) is 0 Å². The van der Waals surface area contributed by atoms with E-state index in [0.29, 0.717) is 6.42 Å². The second kappa shape index (κ2) is 11.8. The van der Waals surface area contributed by atoms with Crippen molar-refractivity contribution in [3.63, 3.8) is 0 Å². The van der Waals surface area contributed by atoms with E-state index < -0.39 is 0 Å². The zero-order valence-electron chi connectivity index (χ0n) is 17.9. The van der Waals surface area contributed by atoms with E-state index in [9.17, 15) is 10.2 Å². The molecule has 0 fully saturated rings. The van der Waals surface area contributed by atoms with Gasteiger partial charge in [0.05, 0.1) is 19.3 Å². The topological polar surface area (TPSA) is 60.7 Å². The summed E-state index contributed by atoms with van der Waals surface area (Å²) in [4.78, 5) is 0. The largest absolute Gasteiger partial charge is 0.393 e. The van der Waals surface area contributed by atoms with Crippen molar-refractivity contribution in [2.24, 2.45) is 5.41 Å². The third-order valence-corrected chi connectivity index (χ3v) is 4.89. The van der Waals surface area contributed by atoms with Crippen LogP contribution in [-0.4, -0.2) is 34.6 Å². The Bertz CT molecular complexity index is 725. The Morgan fingerprint density at radius 3 is 2.29 bits per heavy atom.